The van der Waals surface area contributed by atoms with Gasteiger partial charge in [-0.25, -0.2) is 14.8 Å². The number of aromatic nitrogens is 2. The quantitative estimate of drug-likeness (QED) is 0.501. The molecule has 1 aromatic carbocycles. The Kier molecular flexibility index (Phi) is 3.24. The fraction of sp³-hybridized carbons (Fsp3) is 0. The summed E-state index contributed by atoms with van der Waals surface area (Å²) >= 11 is 0. The van der Waals surface area contributed by atoms with Crippen LogP contribution in [0.15, 0.2) is 46.3 Å². The summed E-state index contributed by atoms with van der Waals surface area (Å²) in [6, 6.07) is 7.46. The molecule has 0 atom stereocenters. The van der Waals surface area contributed by atoms with Gasteiger partial charge in [0.05, 0.1) is 4.92 Å². The zero-order valence-electron chi connectivity index (χ0n) is 9.11. The third-order valence-electron chi connectivity index (χ3n) is 2.12. The minimum atomic E-state index is -0.478. The third kappa shape index (κ3) is 2.85. The summed E-state index contributed by atoms with van der Waals surface area (Å²) in [6.45, 7) is 0. The summed E-state index contributed by atoms with van der Waals surface area (Å²) in [5.74, 6) is 0.369. The second kappa shape index (κ2) is 5.00. The van der Waals surface area contributed by atoms with Gasteiger partial charge in [-0.05, 0) is 23.8 Å². The Morgan fingerprint density at radius 2 is 2.00 bits per heavy atom. The van der Waals surface area contributed by atoms with E-state index in [1.54, 1.807) is 18.2 Å². The van der Waals surface area contributed by atoms with Crippen LogP contribution in [0.1, 0.15) is 5.56 Å². The minimum absolute atomic E-state index is 0.0180. The Bertz CT molecular complexity index is 646. The van der Waals surface area contributed by atoms with Gasteiger partial charge in [0.15, 0.2) is 0 Å². The minimum Gasteiger partial charge on any atom is -0.290 e. The molecule has 1 N–H and O–H groups in total. The van der Waals surface area contributed by atoms with Crippen LogP contribution in [0, 0.1) is 10.1 Å². The van der Waals surface area contributed by atoms with Crippen LogP contribution >= 0.6 is 0 Å². The predicted molar refractivity (Wildman–Crippen MR) is 65.2 cm³/mol. The molecule has 0 aliphatic heterocycles. The van der Waals surface area contributed by atoms with E-state index in [1.807, 2.05) is 0 Å². The molecule has 0 spiro atoms. The van der Waals surface area contributed by atoms with Crippen LogP contribution in [0.3, 0.4) is 0 Å². The van der Waals surface area contributed by atoms with Crippen LogP contribution in [0.5, 0.6) is 0 Å². The van der Waals surface area contributed by atoms with Crippen LogP contribution in [-0.4, -0.2) is 21.1 Å². The van der Waals surface area contributed by atoms with Gasteiger partial charge in [-0.3, -0.25) is 15.1 Å². The van der Waals surface area contributed by atoms with Crippen molar-refractivity contribution in [1.29, 1.82) is 0 Å². The summed E-state index contributed by atoms with van der Waals surface area (Å²) in [4.78, 5) is 30.8. The van der Waals surface area contributed by atoms with Gasteiger partial charge in [0.1, 0.15) is 5.82 Å². The lowest BCUT2D eigenvalue weighted by Gasteiger charge is -1.94. The van der Waals surface area contributed by atoms with Crippen molar-refractivity contribution in [3.8, 4) is 0 Å². The van der Waals surface area contributed by atoms with Crippen molar-refractivity contribution in [1.82, 2.24) is 9.97 Å². The molecule has 0 aliphatic rings. The van der Waals surface area contributed by atoms with E-state index in [-0.39, 0.29) is 5.69 Å². The van der Waals surface area contributed by atoms with Crippen LogP contribution in [0.4, 0.5) is 11.5 Å². The van der Waals surface area contributed by atoms with E-state index in [1.165, 1.54) is 24.5 Å². The lowest BCUT2D eigenvalue weighted by molar-refractivity contribution is -0.384. The maximum absolute atomic E-state index is 10.9. The number of H-pyrrole nitrogens is 1. The van der Waals surface area contributed by atoms with E-state index in [4.69, 9.17) is 0 Å². The number of aromatic amines is 1. The number of benzene rings is 1. The van der Waals surface area contributed by atoms with Gasteiger partial charge in [0.25, 0.3) is 5.69 Å². The van der Waals surface area contributed by atoms with Crippen LogP contribution in [0.2, 0.25) is 0 Å². The summed E-state index contributed by atoms with van der Waals surface area (Å²) in [5.41, 5.74) is 0.232. The highest BCUT2D eigenvalue weighted by Crippen LogP contribution is 2.11. The van der Waals surface area contributed by atoms with Gasteiger partial charge in [-0.2, -0.15) is 0 Å². The largest absolute Gasteiger partial charge is 0.346 e. The Morgan fingerprint density at radius 3 is 2.61 bits per heavy atom. The van der Waals surface area contributed by atoms with Gasteiger partial charge >= 0.3 is 5.69 Å². The van der Waals surface area contributed by atoms with Crippen molar-refractivity contribution < 1.29 is 4.92 Å². The van der Waals surface area contributed by atoms with Gasteiger partial charge < -0.3 is 0 Å². The van der Waals surface area contributed by atoms with Crippen LogP contribution in [-0.2, 0) is 0 Å². The van der Waals surface area contributed by atoms with Crippen molar-refractivity contribution >= 4 is 17.7 Å². The fourth-order valence-corrected chi connectivity index (χ4v) is 1.26. The molecule has 7 nitrogen and oxygen atoms in total. The fourth-order valence-electron chi connectivity index (χ4n) is 1.26. The number of nitrogens with zero attached hydrogens (tertiary/aromatic N) is 3. The summed E-state index contributed by atoms with van der Waals surface area (Å²) in [5, 5.41) is 10.5. The highest BCUT2D eigenvalue weighted by molar-refractivity contribution is 5.81. The highest BCUT2D eigenvalue weighted by Gasteiger charge is 2.02. The van der Waals surface area contributed by atoms with E-state index in [0.29, 0.717) is 11.4 Å². The lowest BCUT2D eigenvalue weighted by atomic mass is 10.2. The first-order valence-electron chi connectivity index (χ1n) is 4.99. The number of nitro benzene ring substituents is 1. The molecular weight excluding hydrogens is 236 g/mol. The molecule has 2 rings (SSSR count). The zero-order valence-corrected chi connectivity index (χ0v) is 9.11. The van der Waals surface area contributed by atoms with Gasteiger partial charge in [-0.15, -0.1) is 0 Å². The maximum Gasteiger partial charge on any atom is 0.346 e. The maximum atomic E-state index is 10.9. The van der Waals surface area contributed by atoms with E-state index < -0.39 is 10.6 Å². The standard InChI is InChI=1S/C11H8N4O3/c16-11-12-6-5-10(14-11)13-7-8-1-3-9(4-2-8)15(17)18/h1-7H,(H,12,14,16). The Labute approximate surface area is 101 Å². The molecule has 7 heteroatoms. The average Bonchev–Trinajstić information content (AvgIpc) is 2.37. The summed E-state index contributed by atoms with van der Waals surface area (Å²) in [7, 11) is 0. The molecule has 0 bridgehead atoms. The van der Waals surface area contributed by atoms with Gasteiger partial charge in [-0.1, -0.05) is 0 Å². The van der Waals surface area contributed by atoms with E-state index in [0.717, 1.165) is 0 Å². The van der Waals surface area contributed by atoms with E-state index >= 15 is 0 Å². The van der Waals surface area contributed by atoms with Crippen LogP contribution in [0.25, 0.3) is 0 Å². The van der Waals surface area contributed by atoms with Crippen LogP contribution < -0.4 is 5.69 Å². The molecule has 0 aliphatic carbocycles. The third-order valence-corrected chi connectivity index (χ3v) is 2.12. The first-order valence-corrected chi connectivity index (χ1v) is 4.99. The predicted octanol–water partition coefficient (Wildman–Crippen LogP) is 1.43. The first kappa shape index (κ1) is 11.6. The number of aliphatic imine (C=N–C) groups is 1. The molecule has 0 amide bonds. The van der Waals surface area contributed by atoms with E-state index in [2.05, 4.69) is 15.0 Å². The molecule has 0 saturated carbocycles. The Hall–Kier alpha value is -2.83. The molecule has 1 heterocycles. The molecule has 0 fully saturated rings. The van der Waals surface area contributed by atoms with Crippen molar-refractivity contribution in [2.24, 2.45) is 4.99 Å². The molecule has 90 valence electrons. The number of rotatable bonds is 3. The van der Waals surface area contributed by atoms with Gasteiger partial charge in [0.2, 0.25) is 0 Å². The Morgan fingerprint density at radius 1 is 1.28 bits per heavy atom. The zero-order chi connectivity index (χ0) is 13.0. The molecule has 0 saturated heterocycles. The summed E-state index contributed by atoms with van der Waals surface area (Å²) in [6.07, 6.45) is 2.84. The number of hydrogen-bond acceptors (Lipinski definition) is 5. The number of hydrogen-bond donors (Lipinski definition) is 1. The van der Waals surface area contributed by atoms with Gasteiger partial charge in [0, 0.05) is 24.5 Å². The Balaban J connectivity index is 2.19. The number of nitrogens with one attached hydrogen (secondary N) is 1. The highest BCUT2D eigenvalue weighted by atomic mass is 16.6. The average molecular weight is 244 g/mol. The molecule has 0 unspecified atom stereocenters. The van der Waals surface area contributed by atoms with Crippen molar-refractivity contribution in [2.45, 2.75) is 0 Å². The monoisotopic (exact) mass is 244 g/mol. The van der Waals surface area contributed by atoms with E-state index in [9.17, 15) is 14.9 Å². The SMILES string of the molecule is O=c1nccc(N=Cc2ccc([N+](=O)[O-])cc2)[nH]1. The van der Waals surface area contributed by atoms with Crippen molar-refractivity contribution in [3.63, 3.8) is 0 Å². The number of non-ortho nitro benzene ring substituents is 1. The van der Waals surface area contributed by atoms with Crippen molar-refractivity contribution in [3.05, 3.63) is 62.7 Å². The van der Waals surface area contributed by atoms with Crippen molar-refractivity contribution in [2.75, 3.05) is 0 Å². The molecular formula is C11H8N4O3. The first-order chi connectivity index (χ1) is 8.65. The summed E-state index contributed by atoms with van der Waals surface area (Å²) < 4.78 is 0. The smallest absolute Gasteiger partial charge is 0.290 e. The normalized spacial score (nSPS) is 10.7. The second-order valence-corrected chi connectivity index (χ2v) is 3.37. The lowest BCUT2D eigenvalue weighted by Crippen LogP contribution is -2.07. The molecule has 1 aromatic heterocycles. The topological polar surface area (TPSA) is 101 Å². The molecule has 18 heavy (non-hydrogen) atoms. The molecule has 2 aromatic rings. The molecule has 0 radical (unpaired) electrons. The second-order valence-electron chi connectivity index (χ2n) is 3.37. The number of nitro groups is 1.